The first-order valence-electron chi connectivity index (χ1n) is 25.8. The average molecular weight is 839 g/mol. The summed E-state index contributed by atoms with van der Waals surface area (Å²) in [6, 6.07) is 0. The first-order chi connectivity index (χ1) is 29.1. The lowest BCUT2D eigenvalue weighted by Crippen LogP contribution is -2.25. The summed E-state index contributed by atoms with van der Waals surface area (Å²) in [5, 5.41) is 0. The Bertz CT molecular complexity index is 758. The fourth-order valence-corrected chi connectivity index (χ4v) is 7.43. The Morgan fingerprint density at radius 2 is 0.593 bits per heavy atom. The summed E-state index contributed by atoms with van der Waals surface area (Å²) in [6.45, 7) is 17.1. The Kier molecular flexibility index (Phi) is 49.2. The molecule has 0 aliphatic rings. The third kappa shape index (κ3) is 43.6. The van der Waals surface area contributed by atoms with E-state index in [0.717, 1.165) is 78.2 Å². The lowest BCUT2D eigenvalue weighted by molar-refractivity contribution is -0.208. The standard InChI is InChI=1S/C52H102O7/c1-7-13-15-35-41-47-57-51(45-39-33-29-25-21-17-19-23-27-31-37-43-49(53-9-3)54-10-4)59-52(58-48-42-36-16-14-8-2)46-40-34-30-26-22-18-20-24-28-32-38-44-50(55-11-5)56-12-6/h39-40,45-46,49-52H,7-38,41-44,47-48H2,1-6H3. The molecule has 0 saturated heterocycles. The van der Waals surface area contributed by atoms with Gasteiger partial charge in [-0.3, -0.25) is 0 Å². The van der Waals surface area contributed by atoms with Crippen LogP contribution in [0.5, 0.6) is 0 Å². The van der Waals surface area contributed by atoms with E-state index in [9.17, 15) is 0 Å². The van der Waals surface area contributed by atoms with Gasteiger partial charge >= 0.3 is 0 Å². The molecule has 0 radical (unpaired) electrons. The van der Waals surface area contributed by atoms with Crippen LogP contribution >= 0.6 is 0 Å². The van der Waals surface area contributed by atoms with E-state index in [-0.39, 0.29) is 25.2 Å². The summed E-state index contributed by atoms with van der Waals surface area (Å²) in [5.41, 5.74) is 0. The van der Waals surface area contributed by atoms with E-state index in [0.29, 0.717) is 0 Å². The smallest absolute Gasteiger partial charge is 0.180 e. The highest BCUT2D eigenvalue weighted by Crippen LogP contribution is 2.17. The highest BCUT2D eigenvalue weighted by Gasteiger charge is 2.14. The maximum atomic E-state index is 6.53. The molecule has 0 aromatic heterocycles. The van der Waals surface area contributed by atoms with Crippen LogP contribution in [-0.2, 0) is 33.2 Å². The minimum Gasteiger partial charge on any atom is -0.353 e. The third-order valence-corrected chi connectivity index (χ3v) is 10.9. The molecule has 0 heterocycles. The van der Waals surface area contributed by atoms with Gasteiger partial charge in [-0.2, -0.15) is 0 Å². The first-order valence-corrected chi connectivity index (χ1v) is 25.8. The van der Waals surface area contributed by atoms with Crippen molar-refractivity contribution >= 4 is 0 Å². The first kappa shape index (κ1) is 58.2. The van der Waals surface area contributed by atoms with Crippen molar-refractivity contribution in [2.24, 2.45) is 0 Å². The van der Waals surface area contributed by atoms with Gasteiger partial charge in [-0.1, -0.05) is 167 Å². The summed E-state index contributed by atoms with van der Waals surface area (Å²) >= 11 is 0. The molecule has 0 aliphatic heterocycles. The van der Waals surface area contributed by atoms with Gasteiger partial charge in [-0.25, -0.2) is 0 Å². The molecule has 0 aromatic carbocycles. The predicted octanol–water partition coefficient (Wildman–Crippen LogP) is 16.1. The van der Waals surface area contributed by atoms with Crippen LogP contribution in [0.4, 0.5) is 0 Å². The van der Waals surface area contributed by atoms with Gasteiger partial charge in [0.1, 0.15) is 0 Å². The fourth-order valence-electron chi connectivity index (χ4n) is 7.43. The second kappa shape index (κ2) is 49.9. The zero-order valence-electron chi connectivity index (χ0n) is 40.3. The number of rotatable bonds is 50. The van der Waals surface area contributed by atoms with E-state index in [2.05, 4.69) is 38.2 Å². The minimum absolute atomic E-state index is 0.0154. The molecular weight excluding hydrogens is 737 g/mol. The third-order valence-electron chi connectivity index (χ3n) is 10.9. The Morgan fingerprint density at radius 1 is 0.305 bits per heavy atom. The molecule has 2 unspecified atom stereocenters. The topological polar surface area (TPSA) is 64.6 Å². The SMILES string of the molecule is CCCCCCCOC(C=CCCCCCCCCCCCC(OCC)OCC)OC(C=CCCCCCCCCCCCC(OCC)OCC)OCCCCCCC. The highest BCUT2D eigenvalue weighted by molar-refractivity contribution is 4.90. The highest BCUT2D eigenvalue weighted by atomic mass is 16.8. The predicted molar refractivity (Wildman–Crippen MR) is 252 cm³/mol. The lowest BCUT2D eigenvalue weighted by Gasteiger charge is -2.22. The number of unbranched alkanes of at least 4 members (excludes halogenated alkanes) is 26. The molecule has 59 heavy (non-hydrogen) atoms. The summed E-state index contributed by atoms with van der Waals surface area (Å²) < 4.78 is 41.9. The van der Waals surface area contributed by atoms with Crippen LogP contribution < -0.4 is 0 Å². The molecule has 2 atom stereocenters. The van der Waals surface area contributed by atoms with Crippen molar-refractivity contribution in [1.29, 1.82) is 0 Å². The van der Waals surface area contributed by atoms with Crippen LogP contribution in [0, 0.1) is 0 Å². The molecule has 0 aliphatic carbocycles. The number of hydrogen-bond donors (Lipinski definition) is 0. The molecule has 352 valence electrons. The monoisotopic (exact) mass is 839 g/mol. The maximum Gasteiger partial charge on any atom is 0.180 e. The minimum atomic E-state index is -0.371. The second-order valence-electron chi connectivity index (χ2n) is 16.5. The molecule has 0 spiro atoms. The van der Waals surface area contributed by atoms with Gasteiger partial charge in [0, 0.05) is 26.4 Å². The van der Waals surface area contributed by atoms with Crippen LogP contribution in [0.15, 0.2) is 24.3 Å². The number of allylic oxidation sites excluding steroid dienone is 2. The lowest BCUT2D eigenvalue weighted by atomic mass is 10.1. The Morgan fingerprint density at radius 3 is 0.915 bits per heavy atom. The summed E-state index contributed by atoms with van der Waals surface area (Å²) in [4.78, 5) is 0. The van der Waals surface area contributed by atoms with Gasteiger partial charge in [0.15, 0.2) is 25.2 Å². The largest absolute Gasteiger partial charge is 0.353 e. The molecule has 7 nitrogen and oxygen atoms in total. The van der Waals surface area contributed by atoms with E-state index in [1.54, 1.807) is 0 Å². The molecule has 0 saturated carbocycles. The number of ether oxygens (including phenoxy) is 7. The van der Waals surface area contributed by atoms with Crippen LogP contribution in [0.3, 0.4) is 0 Å². The Hall–Kier alpha value is -0.800. The van der Waals surface area contributed by atoms with Gasteiger partial charge in [0.25, 0.3) is 0 Å². The molecular formula is C52H102O7. The van der Waals surface area contributed by atoms with Crippen LogP contribution in [-0.4, -0.2) is 64.8 Å². The van der Waals surface area contributed by atoms with E-state index in [1.165, 1.54) is 167 Å². The average Bonchev–Trinajstić information content (AvgIpc) is 3.23. The normalized spacial score (nSPS) is 13.3. The van der Waals surface area contributed by atoms with Gasteiger partial charge in [0.2, 0.25) is 0 Å². The molecule has 0 aromatic rings. The molecule has 0 rings (SSSR count). The van der Waals surface area contributed by atoms with Crippen molar-refractivity contribution in [1.82, 2.24) is 0 Å². The van der Waals surface area contributed by atoms with Crippen LogP contribution in [0.1, 0.15) is 247 Å². The van der Waals surface area contributed by atoms with Gasteiger partial charge in [-0.05, 0) is 104 Å². The fraction of sp³-hybridized carbons (Fsp3) is 0.923. The zero-order valence-corrected chi connectivity index (χ0v) is 40.3. The van der Waals surface area contributed by atoms with E-state index < -0.39 is 0 Å². The van der Waals surface area contributed by atoms with Crippen molar-refractivity contribution in [3.8, 4) is 0 Å². The molecule has 0 N–H and O–H groups in total. The molecule has 0 bridgehead atoms. The van der Waals surface area contributed by atoms with Crippen molar-refractivity contribution in [2.75, 3.05) is 39.6 Å². The van der Waals surface area contributed by atoms with E-state index in [4.69, 9.17) is 33.2 Å². The van der Waals surface area contributed by atoms with Crippen molar-refractivity contribution in [2.45, 2.75) is 272 Å². The van der Waals surface area contributed by atoms with E-state index >= 15 is 0 Å². The summed E-state index contributed by atoms with van der Waals surface area (Å²) in [6.07, 6.45) is 47.9. The van der Waals surface area contributed by atoms with Crippen LogP contribution in [0.25, 0.3) is 0 Å². The molecule has 0 fully saturated rings. The second-order valence-corrected chi connectivity index (χ2v) is 16.5. The maximum absolute atomic E-state index is 6.53. The quantitative estimate of drug-likeness (QED) is 0.0343. The molecule has 0 amide bonds. The van der Waals surface area contributed by atoms with Crippen molar-refractivity contribution in [3.63, 3.8) is 0 Å². The van der Waals surface area contributed by atoms with Gasteiger partial charge in [0.05, 0.1) is 13.2 Å². The van der Waals surface area contributed by atoms with Gasteiger partial charge in [-0.15, -0.1) is 0 Å². The zero-order chi connectivity index (χ0) is 43.0. The Labute approximate surface area is 368 Å². The Balaban J connectivity index is 4.67. The van der Waals surface area contributed by atoms with Crippen molar-refractivity contribution in [3.05, 3.63) is 24.3 Å². The van der Waals surface area contributed by atoms with Gasteiger partial charge < -0.3 is 33.2 Å². The van der Waals surface area contributed by atoms with E-state index in [1.807, 2.05) is 27.7 Å². The number of hydrogen-bond acceptors (Lipinski definition) is 7. The summed E-state index contributed by atoms with van der Waals surface area (Å²) in [7, 11) is 0. The molecule has 7 heteroatoms. The van der Waals surface area contributed by atoms with Crippen LogP contribution in [0.2, 0.25) is 0 Å². The van der Waals surface area contributed by atoms with Crippen molar-refractivity contribution < 1.29 is 33.2 Å². The summed E-state index contributed by atoms with van der Waals surface area (Å²) in [5.74, 6) is 0.